The van der Waals surface area contributed by atoms with Gasteiger partial charge in [0.25, 0.3) is 5.91 Å². The number of anilines is 1. The molecule has 1 fully saturated rings. The van der Waals surface area contributed by atoms with Gasteiger partial charge in [0, 0.05) is 18.8 Å². The lowest BCUT2D eigenvalue weighted by molar-refractivity contribution is -0.119. The number of sulfonamides is 1. The summed E-state index contributed by atoms with van der Waals surface area (Å²) in [4.78, 5) is 24.5. The summed E-state index contributed by atoms with van der Waals surface area (Å²) in [6.45, 7) is 5.70. The van der Waals surface area contributed by atoms with Crippen LogP contribution in [0.1, 0.15) is 30.6 Å². The number of carbonyl (C=O) groups excluding carboxylic acids is 2. The van der Waals surface area contributed by atoms with Crippen LogP contribution in [0.3, 0.4) is 0 Å². The fourth-order valence-corrected chi connectivity index (χ4v) is 4.57. The van der Waals surface area contributed by atoms with Crippen molar-refractivity contribution in [2.75, 3.05) is 44.8 Å². The number of hydrogen-bond acceptors (Lipinski definition) is 7. The van der Waals surface area contributed by atoms with Gasteiger partial charge in [0.05, 0.1) is 30.3 Å². The summed E-state index contributed by atoms with van der Waals surface area (Å²) in [7, 11) is -3.61. The molecule has 0 atom stereocenters. The highest BCUT2D eigenvalue weighted by Gasteiger charge is 2.26. The molecule has 1 aliphatic rings. The first kappa shape index (κ1) is 25.7. The van der Waals surface area contributed by atoms with Crippen molar-refractivity contribution >= 4 is 27.6 Å². The SMILES string of the molecule is CC(C)CCOc1ccc(C(=O)OCC(=O)Nc2ccc(S(=O)(=O)N3CCOCC3)cc2)cc1. The third-order valence-corrected chi connectivity index (χ3v) is 7.05. The topological polar surface area (TPSA) is 111 Å². The van der Waals surface area contributed by atoms with Crippen LogP contribution in [0.25, 0.3) is 0 Å². The summed E-state index contributed by atoms with van der Waals surface area (Å²) in [6, 6.07) is 12.4. The fraction of sp³-hybridized carbons (Fsp3) is 0.417. The number of nitrogens with one attached hydrogen (secondary N) is 1. The first-order valence-electron chi connectivity index (χ1n) is 11.1. The number of esters is 1. The van der Waals surface area contributed by atoms with E-state index in [0.29, 0.717) is 55.8 Å². The number of ether oxygens (including phenoxy) is 3. The molecule has 1 aliphatic heterocycles. The van der Waals surface area contributed by atoms with E-state index in [-0.39, 0.29) is 4.90 Å². The molecule has 0 aliphatic carbocycles. The van der Waals surface area contributed by atoms with Gasteiger partial charge in [-0.05, 0) is 60.9 Å². The average molecular weight is 491 g/mol. The normalized spacial score (nSPS) is 14.6. The van der Waals surface area contributed by atoms with E-state index in [9.17, 15) is 18.0 Å². The Morgan fingerprint density at radius 3 is 2.29 bits per heavy atom. The Labute approximate surface area is 200 Å². The van der Waals surface area contributed by atoms with Gasteiger partial charge in [-0.2, -0.15) is 4.31 Å². The second kappa shape index (κ2) is 12.0. The second-order valence-corrected chi connectivity index (χ2v) is 10.2. The first-order chi connectivity index (χ1) is 16.3. The minimum absolute atomic E-state index is 0.135. The molecule has 1 saturated heterocycles. The zero-order valence-corrected chi connectivity index (χ0v) is 20.2. The molecule has 0 spiro atoms. The first-order valence-corrected chi connectivity index (χ1v) is 12.6. The highest BCUT2D eigenvalue weighted by Crippen LogP contribution is 2.19. The van der Waals surface area contributed by atoms with Crippen molar-refractivity contribution in [2.45, 2.75) is 25.2 Å². The summed E-state index contributed by atoms with van der Waals surface area (Å²) in [5, 5.41) is 2.58. The maximum absolute atomic E-state index is 12.7. The summed E-state index contributed by atoms with van der Waals surface area (Å²) in [6.07, 6.45) is 0.936. The largest absolute Gasteiger partial charge is 0.494 e. The highest BCUT2D eigenvalue weighted by molar-refractivity contribution is 7.89. The van der Waals surface area contributed by atoms with E-state index in [1.165, 1.54) is 28.6 Å². The number of carbonyl (C=O) groups is 2. The lowest BCUT2D eigenvalue weighted by Crippen LogP contribution is -2.40. The van der Waals surface area contributed by atoms with Crippen molar-refractivity contribution in [3.05, 3.63) is 54.1 Å². The van der Waals surface area contributed by atoms with E-state index in [1.807, 2.05) is 0 Å². The Hall–Kier alpha value is -2.95. The third kappa shape index (κ3) is 7.28. The van der Waals surface area contributed by atoms with Crippen LogP contribution in [0, 0.1) is 5.92 Å². The maximum atomic E-state index is 12.7. The molecule has 2 aromatic carbocycles. The third-order valence-electron chi connectivity index (χ3n) is 5.13. The van der Waals surface area contributed by atoms with E-state index in [1.54, 1.807) is 24.3 Å². The molecule has 34 heavy (non-hydrogen) atoms. The molecule has 184 valence electrons. The molecule has 2 aromatic rings. The summed E-state index contributed by atoms with van der Waals surface area (Å²) >= 11 is 0. The summed E-state index contributed by atoms with van der Waals surface area (Å²) in [5.74, 6) is 0.0390. The predicted molar refractivity (Wildman–Crippen MR) is 126 cm³/mol. The number of hydrogen-bond donors (Lipinski definition) is 1. The second-order valence-electron chi connectivity index (χ2n) is 8.22. The highest BCUT2D eigenvalue weighted by atomic mass is 32.2. The average Bonchev–Trinajstić information content (AvgIpc) is 2.83. The quantitative estimate of drug-likeness (QED) is 0.510. The van der Waals surface area contributed by atoms with Gasteiger partial charge in [0.2, 0.25) is 10.0 Å². The summed E-state index contributed by atoms with van der Waals surface area (Å²) in [5.41, 5.74) is 0.701. The van der Waals surface area contributed by atoms with Crippen molar-refractivity contribution in [1.29, 1.82) is 0 Å². The number of benzene rings is 2. The Kier molecular flexibility index (Phi) is 9.03. The van der Waals surface area contributed by atoms with Crippen LogP contribution < -0.4 is 10.1 Å². The van der Waals surface area contributed by atoms with Gasteiger partial charge >= 0.3 is 5.97 Å². The van der Waals surface area contributed by atoms with Crippen molar-refractivity contribution in [2.24, 2.45) is 5.92 Å². The molecule has 9 nitrogen and oxygen atoms in total. The fourth-order valence-electron chi connectivity index (χ4n) is 3.16. The molecule has 0 unspecified atom stereocenters. The van der Waals surface area contributed by atoms with Crippen molar-refractivity contribution < 1.29 is 32.2 Å². The van der Waals surface area contributed by atoms with Crippen molar-refractivity contribution in [3.8, 4) is 5.75 Å². The van der Waals surface area contributed by atoms with E-state index in [4.69, 9.17) is 14.2 Å². The van der Waals surface area contributed by atoms with Crippen LogP contribution in [0.15, 0.2) is 53.4 Å². The molecule has 10 heteroatoms. The van der Waals surface area contributed by atoms with Crippen LogP contribution in [0.4, 0.5) is 5.69 Å². The smallest absolute Gasteiger partial charge is 0.338 e. The van der Waals surface area contributed by atoms with E-state index in [0.717, 1.165) is 6.42 Å². The van der Waals surface area contributed by atoms with Crippen LogP contribution in [0.2, 0.25) is 0 Å². The molecule has 0 saturated carbocycles. The molecule has 3 rings (SSSR count). The van der Waals surface area contributed by atoms with Crippen molar-refractivity contribution in [3.63, 3.8) is 0 Å². The van der Waals surface area contributed by atoms with Gasteiger partial charge in [-0.25, -0.2) is 13.2 Å². The monoisotopic (exact) mass is 490 g/mol. The van der Waals surface area contributed by atoms with Crippen molar-refractivity contribution in [1.82, 2.24) is 4.31 Å². The maximum Gasteiger partial charge on any atom is 0.338 e. The predicted octanol–water partition coefficient (Wildman–Crippen LogP) is 2.93. The van der Waals surface area contributed by atoms with E-state index >= 15 is 0 Å². The molecule has 0 bridgehead atoms. The number of nitrogens with zero attached hydrogens (tertiary/aromatic N) is 1. The Bertz CT molecular complexity index is 1060. The zero-order chi connectivity index (χ0) is 24.6. The molecule has 1 N–H and O–H groups in total. The lowest BCUT2D eigenvalue weighted by atomic mass is 10.1. The molecule has 0 aromatic heterocycles. The van der Waals surface area contributed by atoms with Gasteiger partial charge in [-0.15, -0.1) is 0 Å². The molecule has 1 amide bonds. The molecule has 0 radical (unpaired) electrons. The van der Waals surface area contributed by atoms with E-state index < -0.39 is 28.5 Å². The Morgan fingerprint density at radius 1 is 1.03 bits per heavy atom. The van der Waals surface area contributed by atoms with Crippen LogP contribution >= 0.6 is 0 Å². The minimum Gasteiger partial charge on any atom is -0.494 e. The van der Waals surface area contributed by atoms with Crippen LogP contribution in [-0.4, -0.2) is 64.1 Å². The Morgan fingerprint density at radius 2 is 1.68 bits per heavy atom. The number of rotatable bonds is 10. The number of amides is 1. The lowest BCUT2D eigenvalue weighted by Gasteiger charge is -2.26. The van der Waals surface area contributed by atoms with Gasteiger partial charge in [0.1, 0.15) is 5.75 Å². The summed E-state index contributed by atoms with van der Waals surface area (Å²) < 4.78 is 42.5. The van der Waals surface area contributed by atoms with Gasteiger partial charge in [-0.1, -0.05) is 13.8 Å². The van der Waals surface area contributed by atoms with Gasteiger partial charge in [-0.3, -0.25) is 4.79 Å². The Balaban J connectivity index is 1.46. The minimum atomic E-state index is -3.61. The zero-order valence-electron chi connectivity index (χ0n) is 19.4. The van der Waals surface area contributed by atoms with Gasteiger partial charge in [0.15, 0.2) is 6.61 Å². The van der Waals surface area contributed by atoms with Crippen LogP contribution in [0.5, 0.6) is 5.75 Å². The van der Waals surface area contributed by atoms with Crippen LogP contribution in [-0.2, 0) is 24.3 Å². The molecular weight excluding hydrogens is 460 g/mol. The standard InChI is InChI=1S/C24H30N2O7S/c1-18(2)11-14-32-21-7-3-19(4-8-21)24(28)33-17-23(27)25-20-5-9-22(10-6-20)34(29,30)26-12-15-31-16-13-26/h3-10,18H,11-17H2,1-2H3,(H,25,27). The van der Waals surface area contributed by atoms with Gasteiger partial charge < -0.3 is 19.5 Å². The molecular formula is C24H30N2O7S. The van der Waals surface area contributed by atoms with E-state index in [2.05, 4.69) is 19.2 Å². The number of morpholine rings is 1. The molecule has 1 heterocycles.